The van der Waals surface area contributed by atoms with Crippen molar-refractivity contribution in [2.24, 2.45) is 0 Å². The van der Waals surface area contributed by atoms with Crippen molar-refractivity contribution in [1.82, 2.24) is 5.73 Å². The summed E-state index contributed by atoms with van der Waals surface area (Å²) in [6.45, 7) is 0. The Bertz CT molecular complexity index is 1050. The van der Waals surface area contributed by atoms with Crippen LogP contribution in [0.25, 0.3) is 0 Å². The third kappa shape index (κ3) is 1.73. The molecule has 0 saturated heterocycles. The number of hydrogen-bond acceptors (Lipinski definition) is 5. The van der Waals surface area contributed by atoms with Crippen LogP contribution in [0.2, 0.25) is 0 Å². The molecule has 2 heterocycles. The van der Waals surface area contributed by atoms with Gasteiger partial charge in [0, 0.05) is 28.8 Å². The fraction of sp³-hybridized carbons (Fsp3) is 0.0500. The summed E-state index contributed by atoms with van der Waals surface area (Å²) >= 11 is 0. The predicted octanol–water partition coefficient (Wildman–Crippen LogP) is 3.58. The third-order valence-corrected chi connectivity index (χ3v) is 4.77. The standard InChI is InChI=1S/C20H12NO5/c21-10-1-4-14-13(7-10)19(24)26-20(14)15-5-2-11(22)8-17(15)25-18-9-12(23)3-6-16(18)20/h1-9,21-23H. The van der Waals surface area contributed by atoms with Gasteiger partial charge in [0.2, 0.25) is 0 Å². The SMILES string of the molecule is [NH]c1ccc2c(c1)C(=O)OC21c2ccc(O)cc2Oc2cc(O)ccc21. The average Bonchev–Trinajstić information content (AvgIpc) is 2.87. The highest BCUT2D eigenvalue weighted by Crippen LogP contribution is 2.57. The summed E-state index contributed by atoms with van der Waals surface area (Å²) in [5.74, 6) is 0.147. The highest BCUT2D eigenvalue weighted by atomic mass is 16.6. The monoisotopic (exact) mass is 346 g/mol. The molecule has 5 rings (SSSR count). The first-order chi connectivity index (χ1) is 12.5. The van der Waals surface area contributed by atoms with Crippen molar-refractivity contribution in [3.8, 4) is 23.0 Å². The van der Waals surface area contributed by atoms with Gasteiger partial charge in [-0.25, -0.2) is 4.79 Å². The van der Waals surface area contributed by atoms with Gasteiger partial charge in [-0.3, -0.25) is 0 Å². The Labute approximate surface area is 148 Å². The highest BCUT2D eigenvalue weighted by Gasteiger charge is 2.53. The van der Waals surface area contributed by atoms with Crippen LogP contribution < -0.4 is 10.5 Å². The molecule has 6 heteroatoms. The number of benzene rings is 3. The van der Waals surface area contributed by atoms with E-state index < -0.39 is 11.6 Å². The van der Waals surface area contributed by atoms with E-state index in [4.69, 9.17) is 15.2 Å². The van der Waals surface area contributed by atoms with E-state index in [-0.39, 0.29) is 17.2 Å². The van der Waals surface area contributed by atoms with Gasteiger partial charge in [0.15, 0.2) is 5.60 Å². The van der Waals surface area contributed by atoms with E-state index in [0.29, 0.717) is 33.8 Å². The van der Waals surface area contributed by atoms with E-state index in [1.165, 1.54) is 30.3 Å². The lowest BCUT2D eigenvalue weighted by Gasteiger charge is -2.36. The maximum Gasteiger partial charge on any atom is 0.340 e. The zero-order valence-electron chi connectivity index (χ0n) is 13.3. The number of phenols is 2. The largest absolute Gasteiger partial charge is 0.508 e. The van der Waals surface area contributed by atoms with Crippen molar-refractivity contribution in [1.29, 1.82) is 0 Å². The molecule has 0 amide bonds. The molecule has 26 heavy (non-hydrogen) atoms. The lowest BCUT2D eigenvalue weighted by molar-refractivity contribution is 0.0224. The van der Waals surface area contributed by atoms with E-state index in [1.807, 2.05) is 0 Å². The molecule has 2 aliphatic heterocycles. The maximum atomic E-state index is 12.6. The van der Waals surface area contributed by atoms with Crippen molar-refractivity contribution < 1.29 is 24.5 Å². The average molecular weight is 346 g/mol. The van der Waals surface area contributed by atoms with Gasteiger partial charge in [-0.1, -0.05) is 6.07 Å². The molecule has 0 aliphatic carbocycles. The number of esters is 1. The Morgan fingerprint density at radius 1 is 0.808 bits per heavy atom. The zero-order valence-corrected chi connectivity index (χ0v) is 13.3. The zero-order chi connectivity index (χ0) is 18.1. The van der Waals surface area contributed by atoms with Crippen LogP contribution in [0.15, 0.2) is 54.6 Å². The molecule has 0 aromatic heterocycles. The Balaban J connectivity index is 1.90. The van der Waals surface area contributed by atoms with Crippen LogP contribution in [0, 0.1) is 0 Å². The minimum Gasteiger partial charge on any atom is -0.508 e. The number of phenolic OH excluding ortho intramolecular Hbond substituents is 2. The van der Waals surface area contributed by atoms with Crippen LogP contribution in [0.4, 0.5) is 5.69 Å². The maximum absolute atomic E-state index is 12.6. The van der Waals surface area contributed by atoms with Crippen LogP contribution in [0.1, 0.15) is 27.0 Å². The highest BCUT2D eigenvalue weighted by molar-refractivity contribution is 5.97. The molecule has 1 radical (unpaired) electrons. The Hall–Kier alpha value is -3.67. The number of ether oxygens (including phenoxy) is 2. The summed E-state index contributed by atoms with van der Waals surface area (Å²) in [5, 5.41) is 19.7. The first-order valence-corrected chi connectivity index (χ1v) is 7.93. The van der Waals surface area contributed by atoms with Gasteiger partial charge in [-0.05, 0) is 36.4 Å². The number of nitrogens with one attached hydrogen (secondary N) is 1. The summed E-state index contributed by atoms with van der Waals surface area (Å²) in [5.41, 5.74) is 8.80. The van der Waals surface area contributed by atoms with Crippen molar-refractivity contribution in [3.63, 3.8) is 0 Å². The first kappa shape index (κ1) is 14.7. The van der Waals surface area contributed by atoms with Gasteiger partial charge in [0.25, 0.3) is 0 Å². The number of rotatable bonds is 0. The van der Waals surface area contributed by atoms with E-state index in [0.717, 1.165) is 0 Å². The van der Waals surface area contributed by atoms with Crippen LogP contribution in [-0.2, 0) is 10.3 Å². The van der Waals surface area contributed by atoms with Crippen LogP contribution in [0.5, 0.6) is 23.0 Å². The van der Waals surface area contributed by atoms with Crippen LogP contribution in [0.3, 0.4) is 0 Å². The van der Waals surface area contributed by atoms with Gasteiger partial charge >= 0.3 is 5.97 Å². The smallest absolute Gasteiger partial charge is 0.340 e. The van der Waals surface area contributed by atoms with E-state index >= 15 is 0 Å². The second-order valence-corrected chi connectivity index (χ2v) is 6.29. The molecular formula is C20H12NO5. The molecule has 6 nitrogen and oxygen atoms in total. The van der Waals surface area contributed by atoms with Crippen molar-refractivity contribution >= 4 is 11.7 Å². The number of carbonyl (C=O) groups is 1. The minimum absolute atomic E-state index is 0.00792. The van der Waals surface area contributed by atoms with Gasteiger partial charge in [0.1, 0.15) is 23.0 Å². The normalized spacial score (nSPS) is 15.6. The van der Waals surface area contributed by atoms with E-state index in [9.17, 15) is 15.0 Å². The summed E-state index contributed by atoms with van der Waals surface area (Å²) in [4.78, 5) is 12.6. The fourth-order valence-corrected chi connectivity index (χ4v) is 3.71. The Morgan fingerprint density at radius 3 is 2.00 bits per heavy atom. The molecule has 3 aromatic rings. The molecule has 2 aliphatic rings. The van der Waals surface area contributed by atoms with Crippen molar-refractivity contribution in [2.45, 2.75) is 5.60 Å². The molecule has 0 bridgehead atoms. The molecule has 0 fully saturated rings. The lowest BCUT2D eigenvalue weighted by Crippen LogP contribution is -2.32. The Kier molecular flexibility index (Phi) is 2.65. The van der Waals surface area contributed by atoms with Gasteiger partial charge < -0.3 is 25.4 Å². The van der Waals surface area contributed by atoms with E-state index in [2.05, 4.69) is 0 Å². The molecule has 127 valence electrons. The lowest BCUT2D eigenvalue weighted by atomic mass is 9.77. The Morgan fingerprint density at radius 2 is 1.38 bits per heavy atom. The van der Waals surface area contributed by atoms with Gasteiger partial charge in [0.05, 0.1) is 11.3 Å². The fourth-order valence-electron chi connectivity index (χ4n) is 3.71. The van der Waals surface area contributed by atoms with Crippen LogP contribution >= 0.6 is 0 Å². The molecule has 0 saturated carbocycles. The van der Waals surface area contributed by atoms with Gasteiger partial charge in [-0.15, -0.1) is 0 Å². The second-order valence-electron chi connectivity index (χ2n) is 6.29. The molecule has 0 atom stereocenters. The molecule has 3 N–H and O–H groups in total. The summed E-state index contributed by atoms with van der Waals surface area (Å²) in [6.07, 6.45) is 0. The second kappa shape index (κ2) is 4.70. The van der Waals surface area contributed by atoms with Crippen LogP contribution in [-0.4, -0.2) is 16.2 Å². The van der Waals surface area contributed by atoms with Crippen molar-refractivity contribution in [2.75, 3.05) is 0 Å². The number of hydrogen-bond donors (Lipinski definition) is 2. The van der Waals surface area contributed by atoms with E-state index in [1.54, 1.807) is 24.3 Å². The molecule has 1 spiro atoms. The molecular weight excluding hydrogens is 334 g/mol. The number of carbonyl (C=O) groups excluding carboxylic acids is 1. The number of aromatic hydroxyl groups is 2. The minimum atomic E-state index is -1.26. The molecule has 0 unspecified atom stereocenters. The predicted molar refractivity (Wildman–Crippen MR) is 90.8 cm³/mol. The summed E-state index contributed by atoms with van der Waals surface area (Å²) in [6, 6.07) is 13.9. The van der Waals surface area contributed by atoms with Crippen molar-refractivity contribution in [3.05, 3.63) is 76.9 Å². The summed E-state index contributed by atoms with van der Waals surface area (Å²) in [7, 11) is 0. The third-order valence-electron chi connectivity index (χ3n) is 4.77. The van der Waals surface area contributed by atoms with Gasteiger partial charge in [-0.2, -0.15) is 0 Å². The number of fused-ring (bicyclic) bond motifs is 6. The quantitative estimate of drug-likeness (QED) is 0.606. The topological polar surface area (TPSA) is 99.8 Å². The summed E-state index contributed by atoms with van der Waals surface area (Å²) < 4.78 is 11.7. The molecule has 3 aromatic carbocycles. The first-order valence-electron chi connectivity index (χ1n) is 7.93.